The lowest BCUT2D eigenvalue weighted by molar-refractivity contribution is -0.139. The number of carbonyl (C=O) groups is 2. The Labute approximate surface area is 190 Å². The number of benzene rings is 2. The lowest BCUT2D eigenvalue weighted by Crippen LogP contribution is -2.52. The van der Waals surface area contributed by atoms with Gasteiger partial charge in [-0.1, -0.05) is 42.0 Å². The van der Waals surface area contributed by atoms with E-state index in [9.17, 15) is 9.59 Å². The molecule has 6 heteroatoms. The van der Waals surface area contributed by atoms with Gasteiger partial charge in [0.15, 0.2) is 0 Å². The zero-order chi connectivity index (χ0) is 23.0. The van der Waals surface area contributed by atoms with Gasteiger partial charge < -0.3 is 15.0 Å². The van der Waals surface area contributed by atoms with Crippen molar-refractivity contribution in [3.63, 3.8) is 0 Å². The van der Waals surface area contributed by atoms with Crippen LogP contribution < -0.4 is 10.1 Å². The summed E-state index contributed by atoms with van der Waals surface area (Å²) in [5, 5.41) is 2.99. The van der Waals surface area contributed by atoms with Crippen LogP contribution in [0.2, 0.25) is 0 Å². The fourth-order valence-corrected chi connectivity index (χ4v) is 4.00. The molecule has 0 heterocycles. The van der Waals surface area contributed by atoms with Crippen molar-refractivity contribution in [2.75, 3.05) is 12.9 Å². The molecule has 0 saturated carbocycles. The molecule has 0 aromatic heterocycles. The summed E-state index contributed by atoms with van der Waals surface area (Å²) in [6, 6.07) is 15.3. The molecule has 0 radical (unpaired) electrons. The van der Waals surface area contributed by atoms with E-state index in [1.54, 1.807) is 30.7 Å². The topological polar surface area (TPSA) is 58.6 Å². The minimum absolute atomic E-state index is 0.0448. The Bertz CT molecular complexity index is 875. The summed E-state index contributed by atoms with van der Waals surface area (Å²) in [5.74, 6) is 1.65. The number of carbonyl (C=O) groups excluding carboxylic acids is 2. The van der Waals surface area contributed by atoms with E-state index in [-0.39, 0.29) is 17.4 Å². The van der Waals surface area contributed by atoms with Gasteiger partial charge in [-0.15, -0.1) is 11.8 Å². The second-order valence-electron chi connectivity index (χ2n) is 8.77. The Hall–Kier alpha value is -2.47. The van der Waals surface area contributed by atoms with Crippen LogP contribution >= 0.6 is 11.8 Å². The Balaban J connectivity index is 2.07. The van der Waals surface area contributed by atoms with E-state index in [0.717, 1.165) is 28.2 Å². The van der Waals surface area contributed by atoms with Crippen molar-refractivity contribution in [2.45, 2.75) is 58.5 Å². The molecular formula is C25H34N2O3S. The molecule has 2 amide bonds. The first kappa shape index (κ1) is 24.8. The Morgan fingerprint density at radius 2 is 1.77 bits per heavy atom. The molecule has 0 fully saturated rings. The minimum Gasteiger partial charge on any atom is -0.497 e. The minimum atomic E-state index is -0.561. The number of amides is 2. The molecule has 5 nitrogen and oxygen atoms in total. The van der Waals surface area contributed by atoms with Crippen LogP contribution in [-0.4, -0.2) is 41.2 Å². The van der Waals surface area contributed by atoms with Gasteiger partial charge in [0.05, 0.1) is 12.9 Å². The number of ether oxygens (including phenoxy) is 1. The van der Waals surface area contributed by atoms with Gasteiger partial charge in [0, 0.05) is 17.8 Å². The monoisotopic (exact) mass is 442 g/mol. The van der Waals surface area contributed by atoms with Gasteiger partial charge in [0.2, 0.25) is 11.8 Å². The summed E-state index contributed by atoms with van der Waals surface area (Å²) in [5.41, 5.74) is 2.92. The summed E-state index contributed by atoms with van der Waals surface area (Å²) < 4.78 is 5.19. The number of hydrogen-bond acceptors (Lipinski definition) is 4. The average molecular weight is 443 g/mol. The third kappa shape index (κ3) is 8.29. The van der Waals surface area contributed by atoms with Gasteiger partial charge in [-0.25, -0.2) is 0 Å². The molecule has 168 valence electrons. The highest BCUT2D eigenvalue weighted by molar-refractivity contribution is 7.99. The molecular weight excluding hydrogens is 408 g/mol. The first-order valence-corrected chi connectivity index (χ1v) is 11.6. The molecule has 0 saturated heterocycles. The predicted molar refractivity (Wildman–Crippen MR) is 128 cm³/mol. The third-order valence-corrected chi connectivity index (χ3v) is 5.74. The van der Waals surface area contributed by atoms with E-state index >= 15 is 0 Å². The first-order valence-electron chi connectivity index (χ1n) is 10.5. The number of nitrogens with one attached hydrogen (secondary N) is 1. The summed E-state index contributed by atoms with van der Waals surface area (Å²) in [7, 11) is 1.64. The highest BCUT2D eigenvalue weighted by Gasteiger charge is 2.28. The van der Waals surface area contributed by atoms with E-state index in [1.807, 2.05) is 70.2 Å². The molecule has 2 aromatic rings. The maximum absolute atomic E-state index is 13.1. The highest BCUT2D eigenvalue weighted by Crippen LogP contribution is 2.19. The third-order valence-electron chi connectivity index (χ3n) is 4.75. The van der Waals surface area contributed by atoms with Crippen molar-refractivity contribution < 1.29 is 14.3 Å². The van der Waals surface area contributed by atoms with Gasteiger partial charge in [-0.05, 0) is 57.9 Å². The number of thioether (sulfide) groups is 1. The first-order chi connectivity index (χ1) is 14.6. The van der Waals surface area contributed by atoms with Crippen molar-refractivity contribution in [1.29, 1.82) is 0 Å². The number of methoxy groups -OCH3 is 1. The highest BCUT2D eigenvalue weighted by atomic mass is 32.2. The van der Waals surface area contributed by atoms with Crippen LogP contribution in [0.4, 0.5) is 0 Å². The maximum atomic E-state index is 13.1. The van der Waals surface area contributed by atoms with Crippen LogP contribution in [-0.2, 0) is 21.9 Å². The number of hydrogen-bond donors (Lipinski definition) is 1. The van der Waals surface area contributed by atoms with Crippen molar-refractivity contribution >= 4 is 23.6 Å². The normalized spacial score (nSPS) is 12.2. The number of nitrogens with zero attached hydrogens (tertiary/aromatic N) is 1. The van der Waals surface area contributed by atoms with Gasteiger partial charge in [-0.2, -0.15) is 0 Å². The quantitative estimate of drug-likeness (QED) is 0.618. The molecule has 0 aliphatic heterocycles. The smallest absolute Gasteiger partial charge is 0.242 e. The summed E-state index contributed by atoms with van der Waals surface area (Å²) in [6.07, 6.45) is 0. The SMILES string of the molecule is COc1ccc(CSCC(=O)N(Cc2cccc(C)c2)[C@@H](C)C(=O)NC(C)(C)C)cc1. The van der Waals surface area contributed by atoms with E-state index < -0.39 is 6.04 Å². The van der Waals surface area contributed by atoms with E-state index in [0.29, 0.717) is 12.3 Å². The number of aryl methyl sites for hydroxylation is 1. The molecule has 2 rings (SSSR count). The summed E-state index contributed by atoms with van der Waals surface area (Å²) in [6.45, 7) is 10.0. The predicted octanol–water partition coefficient (Wildman–Crippen LogP) is 4.57. The van der Waals surface area contributed by atoms with Gasteiger partial charge >= 0.3 is 0 Å². The zero-order valence-electron chi connectivity index (χ0n) is 19.4. The Morgan fingerprint density at radius 1 is 1.10 bits per heavy atom. The summed E-state index contributed by atoms with van der Waals surface area (Å²) in [4.78, 5) is 27.6. The van der Waals surface area contributed by atoms with Crippen LogP contribution in [0, 0.1) is 6.92 Å². The van der Waals surface area contributed by atoms with Gasteiger partial charge in [0.1, 0.15) is 11.8 Å². The van der Waals surface area contributed by atoms with E-state index in [1.165, 1.54) is 0 Å². The Kier molecular flexibility index (Phi) is 8.99. The number of rotatable bonds is 9. The van der Waals surface area contributed by atoms with Crippen molar-refractivity contribution in [1.82, 2.24) is 10.2 Å². The van der Waals surface area contributed by atoms with Crippen molar-refractivity contribution in [3.8, 4) is 5.75 Å². The van der Waals surface area contributed by atoms with Crippen LogP contribution in [0.25, 0.3) is 0 Å². The molecule has 0 bridgehead atoms. The lowest BCUT2D eigenvalue weighted by Gasteiger charge is -2.31. The summed E-state index contributed by atoms with van der Waals surface area (Å²) >= 11 is 1.55. The molecule has 0 aliphatic rings. The molecule has 31 heavy (non-hydrogen) atoms. The van der Waals surface area contributed by atoms with Crippen molar-refractivity contribution in [2.24, 2.45) is 0 Å². The standard InChI is InChI=1S/C25H34N2O3S/c1-18-8-7-9-21(14-18)15-27(19(2)24(29)26-25(3,4)5)23(28)17-31-16-20-10-12-22(30-6)13-11-20/h7-14,19H,15-17H2,1-6H3,(H,26,29)/t19-/m0/s1. The van der Waals surface area contributed by atoms with Crippen LogP contribution in [0.15, 0.2) is 48.5 Å². The second-order valence-corrected chi connectivity index (χ2v) is 9.75. The van der Waals surface area contributed by atoms with Gasteiger partial charge in [-0.3, -0.25) is 9.59 Å². The lowest BCUT2D eigenvalue weighted by atomic mass is 10.1. The largest absolute Gasteiger partial charge is 0.497 e. The fourth-order valence-electron chi connectivity index (χ4n) is 3.12. The molecule has 2 aromatic carbocycles. The molecule has 0 spiro atoms. The van der Waals surface area contributed by atoms with Crippen LogP contribution in [0.1, 0.15) is 44.4 Å². The zero-order valence-corrected chi connectivity index (χ0v) is 20.2. The van der Waals surface area contributed by atoms with Crippen LogP contribution in [0.5, 0.6) is 5.75 Å². The van der Waals surface area contributed by atoms with Crippen molar-refractivity contribution in [3.05, 3.63) is 65.2 Å². The maximum Gasteiger partial charge on any atom is 0.242 e. The molecule has 1 N–H and O–H groups in total. The van der Waals surface area contributed by atoms with Gasteiger partial charge in [0.25, 0.3) is 0 Å². The Morgan fingerprint density at radius 3 is 2.35 bits per heavy atom. The molecule has 0 unspecified atom stereocenters. The van der Waals surface area contributed by atoms with Crippen LogP contribution in [0.3, 0.4) is 0 Å². The fraction of sp³-hybridized carbons (Fsp3) is 0.440. The molecule has 1 atom stereocenters. The average Bonchev–Trinajstić information content (AvgIpc) is 2.70. The van der Waals surface area contributed by atoms with E-state index in [4.69, 9.17) is 4.74 Å². The van der Waals surface area contributed by atoms with E-state index in [2.05, 4.69) is 11.4 Å². The molecule has 0 aliphatic carbocycles. The second kappa shape index (κ2) is 11.2.